The molecule has 0 aliphatic carbocycles. The largest absolute Gasteiger partial charge is 0.350 e. The van der Waals surface area contributed by atoms with E-state index in [9.17, 15) is 13.2 Å². The van der Waals surface area contributed by atoms with E-state index in [2.05, 4.69) is 26.4 Å². The first kappa shape index (κ1) is 20.0. The van der Waals surface area contributed by atoms with Crippen molar-refractivity contribution in [3.05, 3.63) is 52.2 Å². The van der Waals surface area contributed by atoms with Gasteiger partial charge in [0.2, 0.25) is 10.0 Å². The highest BCUT2D eigenvalue weighted by Crippen LogP contribution is 2.28. The van der Waals surface area contributed by atoms with E-state index in [1.165, 1.54) is 29.9 Å². The van der Waals surface area contributed by atoms with Crippen molar-refractivity contribution >= 4 is 27.3 Å². The van der Waals surface area contributed by atoms with Crippen molar-refractivity contribution in [1.29, 1.82) is 0 Å². The van der Waals surface area contributed by atoms with Crippen molar-refractivity contribution in [1.82, 2.24) is 14.9 Å². The lowest BCUT2D eigenvalue weighted by molar-refractivity contribution is 0.0938. The summed E-state index contributed by atoms with van der Waals surface area (Å²) < 4.78 is 26.8. The van der Waals surface area contributed by atoms with Crippen LogP contribution in [0.25, 0.3) is 0 Å². The molecule has 0 radical (unpaired) electrons. The molecule has 2 heterocycles. The number of carbonyl (C=O) groups is 1. The molecule has 1 aliphatic heterocycles. The van der Waals surface area contributed by atoms with Gasteiger partial charge in [-0.05, 0) is 55.6 Å². The third kappa shape index (κ3) is 4.95. The summed E-state index contributed by atoms with van der Waals surface area (Å²) in [5.74, 6) is -0.260. The maximum atomic E-state index is 12.6. The summed E-state index contributed by atoms with van der Waals surface area (Å²) in [4.78, 5) is 16.4. The van der Waals surface area contributed by atoms with Gasteiger partial charge in [-0.15, -0.1) is 11.3 Å². The first-order chi connectivity index (χ1) is 13.0. The Bertz CT molecular complexity index is 860. The summed E-state index contributed by atoms with van der Waals surface area (Å²) in [6, 6.07) is 10.4. The van der Waals surface area contributed by atoms with Gasteiger partial charge in [0, 0.05) is 23.5 Å². The fraction of sp³-hybridized carbons (Fsp3) is 0.421. The van der Waals surface area contributed by atoms with Crippen LogP contribution < -0.4 is 10.0 Å². The summed E-state index contributed by atoms with van der Waals surface area (Å²) >= 11 is 1.70. The van der Waals surface area contributed by atoms with Crippen LogP contribution in [-0.2, 0) is 10.0 Å². The summed E-state index contributed by atoms with van der Waals surface area (Å²) in [7, 11) is -3.58. The molecule has 0 saturated carbocycles. The van der Waals surface area contributed by atoms with Crippen molar-refractivity contribution in [2.24, 2.45) is 0 Å². The van der Waals surface area contributed by atoms with E-state index in [4.69, 9.17) is 0 Å². The molecule has 1 aliphatic rings. The van der Waals surface area contributed by atoms with Gasteiger partial charge >= 0.3 is 0 Å². The molecule has 146 valence electrons. The average molecular weight is 408 g/mol. The SMILES string of the molecule is CCNS(=O)(=O)c1cccc(C(=O)NCC(c2cccs2)N2CCCC2)c1. The van der Waals surface area contributed by atoms with Crippen LogP contribution in [0.5, 0.6) is 0 Å². The van der Waals surface area contributed by atoms with Crippen molar-refractivity contribution in [2.45, 2.75) is 30.7 Å². The molecule has 0 spiro atoms. The van der Waals surface area contributed by atoms with Crippen LogP contribution in [0.1, 0.15) is 41.0 Å². The average Bonchev–Trinajstić information content (AvgIpc) is 3.36. The number of amides is 1. The van der Waals surface area contributed by atoms with Crippen molar-refractivity contribution < 1.29 is 13.2 Å². The second-order valence-electron chi connectivity index (χ2n) is 6.51. The van der Waals surface area contributed by atoms with Gasteiger partial charge in [-0.25, -0.2) is 13.1 Å². The predicted octanol–water partition coefficient (Wildman–Crippen LogP) is 2.61. The molecule has 2 aromatic rings. The number of nitrogens with one attached hydrogen (secondary N) is 2. The van der Waals surface area contributed by atoms with Gasteiger partial charge in [0.15, 0.2) is 0 Å². The summed E-state index contributed by atoms with van der Waals surface area (Å²) in [5, 5.41) is 5.04. The fourth-order valence-electron chi connectivity index (χ4n) is 3.31. The Morgan fingerprint density at radius 1 is 1.22 bits per heavy atom. The smallest absolute Gasteiger partial charge is 0.251 e. The second kappa shape index (κ2) is 8.97. The molecular formula is C19H25N3O3S2. The number of benzene rings is 1. The third-order valence-electron chi connectivity index (χ3n) is 4.65. The molecule has 27 heavy (non-hydrogen) atoms. The molecule has 6 nitrogen and oxygen atoms in total. The molecule has 1 amide bonds. The lowest BCUT2D eigenvalue weighted by Crippen LogP contribution is -2.36. The topological polar surface area (TPSA) is 78.5 Å². The zero-order valence-electron chi connectivity index (χ0n) is 15.3. The van der Waals surface area contributed by atoms with E-state index in [1.807, 2.05) is 6.07 Å². The van der Waals surface area contributed by atoms with E-state index in [0.29, 0.717) is 18.7 Å². The highest BCUT2D eigenvalue weighted by Gasteiger charge is 2.25. The van der Waals surface area contributed by atoms with Crippen LogP contribution in [0.2, 0.25) is 0 Å². The minimum Gasteiger partial charge on any atom is -0.350 e. The Morgan fingerprint density at radius 2 is 2.00 bits per heavy atom. The quantitative estimate of drug-likeness (QED) is 0.705. The van der Waals surface area contributed by atoms with E-state index in [0.717, 1.165) is 13.1 Å². The van der Waals surface area contributed by atoms with Gasteiger partial charge in [0.05, 0.1) is 10.9 Å². The molecule has 1 fully saturated rings. The van der Waals surface area contributed by atoms with Crippen LogP contribution in [0.3, 0.4) is 0 Å². The summed E-state index contributed by atoms with van der Waals surface area (Å²) in [6.07, 6.45) is 2.36. The first-order valence-corrected chi connectivity index (χ1v) is 11.5. The molecule has 1 aromatic heterocycles. The van der Waals surface area contributed by atoms with E-state index in [1.54, 1.807) is 30.4 Å². The number of hydrogen-bond donors (Lipinski definition) is 2. The molecule has 8 heteroatoms. The molecule has 0 bridgehead atoms. The predicted molar refractivity (Wildman–Crippen MR) is 108 cm³/mol. The van der Waals surface area contributed by atoms with Crippen LogP contribution in [-0.4, -0.2) is 45.4 Å². The number of rotatable bonds is 8. The van der Waals surface area contributed by atoms with E-state index >= 15 is 0 Å². The second-order valence-corrected chi connectivity index (χ2v) is 9.26. The van der Waals surface area contributed by atoms with Crippen LogP contribution in [0, 0.1) is 0 Å². The molecule has 1 saturated heterocycles. The Balaban J connectivity index is 1.71. The highest BCUT2D eigenvalue weighted by molar-refractivity contribution is 7.89. The molecule has 1 unspecified atom stereocenters. The maximum absolute atomic E-state index is 12.6. The number of thiophene rings is 1. The summed E-state index contributed by atoms with van der Waals surface area (Å²) in [5.41, 5.74) is 0.348. The van der Waals surface area contributed by atoms with Crippen LogP contribution in [0.4, 0.5) is 0 Å². The Hall–Kier alpha value is -1.74. The van der Waals surface area contributed by atoms with Crippen molar-refractivity contribution in [3.8, 4) is 0 Å². The van der Waals surface area contributed by atoms with Crippen LogP contribution >= 0.6 is 11.3 Å². The van der Waals surface area contributed by atoms with E-state index in [-0.39, 0.29) is 16.8 Å². The molecular weight excluding hydrogens is 382 g/mol. The van der Waals surface area contributed by atoms with Gasteiger partial charge in [0.1, 0.15) is 0 Å². The van der Waals surface area contributed by atoms with Gasteiger partial charge in [0.25, 0.3) is 5.91 Å². The lowest BCUT2D eigenvalue weighted by Gasteiger charge is -2.27. The standard InChI is InChI=1S/C19H25N3O3S2/c1-2-21-27(24,25)16-8-5-7-15(13-16)19(23)20-14-17(18-9-6-12-26-18)22-10-3-4-11-22/h5-9,12-13,17,21H,2-4,10-11,14H2,1H3,(H,20,23). The number of sulfonamides is 1. The minimum absolute atomic E-state index is 0.103. The van der Waals surface area contributed by atoms with Gasteiger partial charge < -0.3 is 5.32 Å². The molecule has 3 rings (SSSR count). The maximum Gasteiger partial charge on any atom is 0.251 e. The van der Waals surface area contributed by atoms with Crippen molar-refractivity contribution in [3.63, 3.8) is 0 Å². The highest BCUT2D eigenvalue weighted by atomic mass is 32.2. The van der Waals surface area contributed by atoms with Gasteiger partial charge in [-0.2, -0.15) is 0 Å². The minimum atomic E-state index is -3.58. The number of likely N-dealkylation sites (tertiary alicyclic amines) is 1. The van der Waals surface area contributed by atoms with Gasteiger partial charge in [-0.3, -0.25) is 9.69 Å². The van der Waals surface area contributed by atoms with E-state index < -0.39 is 10.0 Å². The molecule has 1 aromatic carbocycles. The monoisotopic (exact) mass is 407 g/mol. The number of carbonyl (C=O) groups excluding carboxylic acids is 1. The zero-order chi connectivity index (χ0) is 19.3. The first-order valence-electron chi connectivity index (χ1n) is 9.16. The Morgan fingerprint density at radius 3 is 2.67 bits per heavy atom. The number of hydrogen-bond acceptors (Lipinski definition) is 5. The van der Waals surface area contributed by atoms with Crippen molar-refractivity contribution in [2.75, 3.05) is 26.2 Å². The molecule has 2 N–H and O–H groups in total. The zero-order valence-corrected chi connectivity index (χ0v) is 17.0. The van der Waals surface area contributed by atoms with Crippen LogP contribution in [0.15, 0.2) is 46.7 Å². The fourth-order valence-corrected chi connectivity index (χ4v) is 5.26. The molecule has 1 atom stereocenters. The Kier molecular flexibility index (Phi) is 6.64. The number of nitrogens with zero attached hydrogens (tertiary/aromatic N) is 1. The Labute approximate surface area is 164 Å². The lowest BCUT2D eigenvalue weighted by atomic mass is 10.2. The van der Waals surface area contributed by atoms with Gasteiger partial charge in [-0.1, -0.05) is 19.1 Å². The third-order valence-corrected chi connectivity index (χ3v) is 7.17. The normalized spacial score (nSPS) is 16.3. The summed E-state index contributed by atoms with van der Waals surface area (Å²) in [6.45, 7) is 4.60.